The van der Waals surface area contributed by atoms with Crippen molar-refractivity contribution in [2.75, 3.05) is 30.5 Å². The fourth-order valence-corrected chi connectivity index (χ4v) is 8.59. The first-order valence-corrected chi connectivity index (χ1v) is 16.6. The van der Waals surface area contributed by atoms with E-state index in [-0.39, 0.29) is 29.2 Å². The number of anilines is 2. The number of nitrogens with zero attached hydrogens (tertiary/aromatic N) is 1. The first kappa shape index (κ1) is 30.6. The third-order valence-electron chi connectivity index (χ3n) is 8.17. The van der Waals surface area contributed by atoms with Gasteiger partial charge in [0, 0.05) is 16.5 Å². The summed E-state index contributed by atoms with van der Waals surface area (Å²) in [5.41, 5.74) is 1.79. The van der Waals surface area contributed by atoms with E-state index >= 15 is 0 Å². The van der Waals surface area contributed by atoms with Crippen LogP contribution in [0.1, 0.15) is 23.3 Å². The normalized spacial score (nSPS) is 18.5. The first-order chi connectivity index (χ1) is 22.8. The minimum Gasteiger partial charge on any atom is -0.497 e. The summed E-state index contributed by atoms with van der Waals surface area (Å²) in [5, 5.41) is 4.79. The maximum atomic E-state index is 14.1. The van der Waals surface area contributed by atoms with Crippen LogP contribution in [0.15, 0.2) is 94.7 Å². The molecule has 5 aromatic rings. The fourth-order valence-electron chi connectivity index (χ4n) is 6.08. The van der Waals surface area contributed by atoms with Crippen LogP contribution in [0.3, 0.4) is 0 Å². The highest BCUT2D eigenvalue weighted by atomic mass is 32.2. The van der Waals surface area contributed by atoms with Gasteiger partial charge in [0.15, 0.2) is 18.1 Å². The Morgan fingerprint density at radius 1 is 0.894 bits per heavy atom. The molecule has 1 saturated heterocycles. The van der Waals surface area contributed by atoms with Crippen LogP contribution >= 0.6 is 23.1 Å². The molecule has 7 rings (SSSR count). The second-order valence-corrected chi connectivity index (χ2v) is 13.2. The van der Waals surface area contributed by atoms with Gasteiger partial charge in [-0.15, -0.1) is 0 Å². The average Bonchev–Trinajstić information content (AvgIpc) is 3.58. The SMILES string of the molecule is CCOc1cc([C@H]2c3sc(=O)[nH]c3SC3C(=O)N(c4ccc(OC)cc4)C(=O)C32)ccc1OCC(=O)Nc1ccc2ccccc2c1. The number of fused-ring (bicyclic) bond motifs is 3. The molecule has 238 valence electrons. The molecule has 4 aromatic carbocycles. The van der Waals surface area contributed by atoms with Crippen molar-refractivity contribution in [2.45, 2.75) is 23.1 Å². The molecule has 10 nitrogen and oxygen atoms in total. The number of amides is 3. The number of rotatable bonds is 9. The highest BCUT2D eigenvalue weighted by molar-refractivity contribution is 8.00. The number of imide groups is 1. The summed E-state index contributed by atoms with van der Waals surface area (Å²) >= 11 is 2.24. The molecule has 0 saturated carbocycles. The van der Waals surface area contributed by atoms with Crippen LogP contribution in [0, 0.1) is 5.92 Å². The molecular formula is C35H29N3O7S2. The van der Waals surface area contributed by atoms with Gasteiger partial charge in [-0.05, 0) is 71.8 Å². The topological polar surface area (TPSA) is 127 Å². The number of benzene rings is 4. The number of methoxy groups -OCH3 is 1. The highest BCUT2D eigenvalue weighted by Crippen LogP contribution is 2.54. The Hall–Kier alpha value is -5.07. The standard InChI is InChI=1S/C35H29N3O7S2/c1-3-44-26-17-21(9-15-25(26)45-18-27(39)36-22-10-8-19-6-4-5-7-20(19)16-22)28-29-31(46-32-30(28)47-35(42)37-32)34(41)38(33(29)40)23-11-13-24(43-2)14-12-23/h4-17,28-29,31H,3,18H2,1-2H3,(H,36,39)(H,37,42)/t28-,29?,31?/m1/s1. The molecule has 3 heterocycles. The quantitative estimate of drug-likeness (QED) is 0.189. The Morgan fingerprint density at radius 2 is 1.68 bits per heavy atom. The average molecular weight is 668 g/mol. The Balaban J connectivity index is 1.16. The minimum atomic E-state index is -0.762. The van der Waals surface area contributed by atoms with E-state index in [2.05, 4.69) is 10.3 Å². The van der Waals surface area contributed by atoms with Crippen molar-refractivity contribution in [1.82, 2.24) is 4.98 Å². The summed E-state index contributed by atoms with van der Waals surface area (Å²) in [5.74, 6) is -1.05. The molecule has 2 N–H and O–H groups in total. The molecular weight excluding hydrogens is 639 g/mol. The molecule has 1 fully saturated rings. The number of thiazole rings is 1. The molecule has 12 heteroatoms. The second kappa shape index (κ2) is 12.6. The zero-order valence-electron chi connectivity index (χ0n) is 25.4. The molecule has 0 radical (unpaired) electrons. The van der Waals surface area contributed by atoms with Gasteiger partial charge in [-0.1, -0.05) is 59.5 Å². The minimum absolute atomic E-state index is 0.260. The van der Waals surface area contributed by atoms with Gasteiger partial charge in [-0.3, -0.25) is 19.2 Å². The molecule has 2 aliphatic rings. The molecule has 47 heavy (non-hydrogen) atoms. The van der Waals surface area contributed by atoms with Crippen molar-refractivity contribution in [2.24, 2.45) is 5.92 Å². The Bertz CT molecular complexity index is 2070. The van der Waals surface area contributed by atoms with Crippen LogP contribution in [0.4, 0.5) is 11.4 Å². The van der Waals surface area contributed by atoms with Gasteiger partial charge in [0.1, 0.15) is 11.0 Å². The predicted molar refractivity (Wildman–Crippen MR) is 181 cm³/mol. The number of hydrogen-bond acceptors (Lipinski definition) is 9. The summed E-state index contributed by atoms with van der Waals surface area (Å²) in [6.45, 7) is 1.89. The maximum absolute atomic E-state index is 14.1. The van der Waals surface area contributed by atoms with Crippen LogP contribution < -0.4 is 29.3 Å². The van der Waals surface area contributed by atoms with E-state index in [1.807, 2.05) is 49.4 Å². The van der Waals surface area contributed by atoms with Gasteiger partial charge >= 0.3 is 4.87 Å². The van der Waals surface area contributed by atoms with E-state index in [1.54, 1.807) is 49.6 Å². The highest BCUT2D eigenvalue weighted by Gasteiger charge is 2.56. The Morgan fingerprint density at radius 3 is 2.45 bits per heavy atom. The summed E-state index contributed by atoms with van der Waals surface area (Å²) < 4.78 is 17.1. The van der Waals surface area contributed by atoms with Crippen molar-refractivity contribution in [1.29, 1.82) is 0 Å². The third-order valence-corrected chi connectivity index (χ3v) is 10.6. The zero-order chi connectivity index (χ0) is 32.7. The van der Waals surface area contributed by atoms with E-state index in [0.717, 1.165) is 22.1 Å². The second-order valence-electron chi connectivity index (χ2n) is 11.0. The maximum Gasteiger partial charge on any atom is 0.305 e. The van der Waals surface area contributed by atoms with Crippen LogP contribution in [-0.4, -0.2) is 48.3 Å². The molecule has 0 aliphatic carbocycles. The molecule has 0 bridgehead atoms. The van der Waals surface area contributed by atoms with Crippen molar-refractivity contribution in [3.63, 3.8) is 0 Å². The number of hydrogen-bond donors (Lipinski definition) is 2. The van der Waals surface area contributed by atoms with Crippen LogP contribution in [-0.2, 0) is 14.4 Å². The monoisotopic (exact) mass is 667 g/mol. The molecule has 1 aromatic heterocycles. The van der Waals surface area contributed by atoms with E-state index in [1.165, 1.54) is 16.7 Å². The van der Waals surface area contributed by atoms with Gasteiger partial charge in [0.2, 0.25) is 11.8 Å². The number of carbonyl (C=O) groups excluding carboxylic acids is 3. The Kier molecular flexibility index (Phi) is 8.21. The van der Waals surface area contributed by atoms with E-state index in [4.69, 9.17) is 14.2 Å². The summed E-state index contributed by atoms with van der Waals surface area (Å²) in [4.78, 5) is 57.6. The van der Waals surface area contributed by atoms with Crippen molar-refractivity contribution in [3.8, 4) is 17.2 Å². The number of nitrogens with one attached hydrogen (secondary N) is 2. The third kappa shape index (κ3) is 5.74. The molecule has 0 spiro atoms. The lowest BCUT2D eigenvalue weighted by Crippen LogP contribution is -2.32. The number of H-pyrrole nitrogens is 1. The van der Waals surface area contributed by atoms with Gasteiger partial charge in [-0.25, -0.2) is 4.90 Å². The van der Waals surface area contributed by atoms with Gasteiger partial charge < -0.3 is 24.5 Å². The van der Waals surface area contributed by atoms with E-state index in [0.29, 0.717) is 50.7 Å². The van der Waals surface area contributed by atoms with Gasteiger partial charge in [-0.2, -0.15) is 0 Å². The van der Waals surface area contributed by atoms with Crippen LogP contribution in [0.5, 0.6) is 17.2 Å². The first-order valence-electron chi connectivity index (χ1n) is 14.9. The molecule has 2 unspecified atom stereocenters. The largest absolute Gasteiger partial charge is 0.497 e. The van der Waals surface area contributed by atoms with Crippen molar-refractivity contribution < 1.29 is 28.6 Å². The molecule has 3 atom stereocenters. The molecule has 3 amide bonds. The van der Waals surface area contributed by atoms with Crippen LogP contribution in [0.25, 0.3) is 10.8 Å². The van der Waals surface area contributed by atoms with Crippen LogP contribution in [0.2, 0.25) is 0 Å². The zero-order valence-corrected chi connectivity index (χ0v) is 27.0. The lowest BCUT2D eigenvalue weighted by Gasteiger charge is -2.30. The molecule has 2 aliphatic heterocycles. The van der Waals surface area contributed by atoms with Gasteiger partial charge in [0.25, 0.3) is 5.91 Å². The number of aromatic nitrogens is 1. The van der Waals surface area contributed by atoms with Crippen molar-refractivity contribution in [3.05, 3.63) is 105 Å². The number of carbonyl (C=O) groups is 3. The fraction of sp³-hybridized carbons (Fsp3) is 0.200. The summed E-state index contributed by atoms with van der Waals surface area (Å²) in [6.07, 6.45) is 0. The summed E-state index contributed by atoms with van der Waals surface area (Å²) in [6, 6.07) is 25.6. The number of thioether (sulfide) groups is 1. The number of aromatic amines is 1. The summed E-state index contributed by atoms with van der Waals surface area (Å²) in [7, 11) is 1.55. The number of ether oxygens (including phenoxy) is 3. The smallest absolute Gasteiger partial charge is 0.305 e. The van der Waals surface area contributed by atoms with E-state index in [9.17, 15) is 19.2 Å². The Labute approximate surface area is 277 Å². The van der Waals surface area contributed by atoms with Gasteiger partial charge in [0.05, 0.1) is 30.3 Å². The van der Waals surface area contributed by atoms with Crippen molar-refractivity contribution >= 4 is 63.0 Å². The lowest BCUT2D eigenvalue weighted by atomic mass is 9.83. The predicted octanol–water partition coefficient (Wildman–Crippen LogP) is 5.81. The van der Waals surface area contributed by atoms with E-state index < -0.39 is 17.1 Å². The lowest BCUT2D eigenvalue weighted by molar-refractivity contribution is -0.122.